The summed E-state index contributed by atoms with van der Waals surface area (Å²) in [7, 11) is 0. The largest absolute Gasteiger partial charge is 0.494 e. The van der Waals surface area contributed by atoms with E-state index >= 15 is 0 Å². The highest BCUT2D eigenvalue weighted by atomic mass is 16.5. The Labute approximate surface area is 212 Å². The van der Waals surface area contributed by atoms with Crippen molar-refractivity contribution in [2.24, 2.45) is 0 Å². The normalized spacial score (nSPS) is 11.5. The molecule has 2 heterocycles. The van der Waals surface area contributed by atoms with Gasteiger partial charge in [-0.3, -0.25) is 0 Å². The molecule has 0 spiro atoms. The molecule has 0 bridgehead atoms. The van der Waals surface area contributed by atoms with Gasteiger partial charge in [0.2, 0.25) is 0 Å². The highest BCUT2D eigenvalue weighted by Gasteiger charge is 2.18. The number of aromatic nitrogens is 1. The van der Waals surface area contributed by atoms with Crippen LogP contribution in [0, 0.1) is 0 Å². The Morgan fingerprint density at radius 1 is 0.861 bits per heavy atom. The third-order valence-corrected chi connectivity index (χ3v) is 6.69. The number of fused-ring (bicyclic) bond motifs is 4. The maximum atomic E-state index is 12.5. The monoisotopic (exact) mass is 491 g/mol. The number of carbonyl (C=O) groups excluding carboxylic acids is 1. The maximum absolute atomic E-state index is 12.5. The standard InChI is InChI=1S/C30H37NO5/c1-4-7-9-11-15-31-26-19-22(35-16-12-10-8-5-2)13-14-23(26)24-17-21-18-25(29(32)34-6-3)30(33)36-28(21)20-27(24)31/h13-14,17-20H,4-12,15-16H2,1-3H3. The summed E-state index contributed by atoms with van der Waals surface area (Å²) in [6, 6.07) is 11.8. The number of unbranched alkanes of at least 4 members (excludes halogenated alkanes) is 6. The van der Waals surface area contributed by atoms with Crippen LogP contribution in [0.5, 0.6) is 5.75 Å². The molecule has 2 aromatic carbocycles. The number of benzene rings is 2. The summed E-state index contributed by atoms with van der Waals surface area (Å²) < 4.78 is 19.0. The van der Waals surface area contributed by atoms with Crippen molar-refractivity contribution in [1.82, 2.24) is 4.57 Å². The van der Waals surface area contributed by atoms with E-state index < -0.39 is 11.6 Å². The van der Waals surface area contributed by atoms with Gasteiger partial charge in [-0.25, -0.2) is 9.59 Å². The lowest BCUT2D eigenvalue weighted by molar-refractivity contribution is 0.0522. The van der Waals surface area contributed by atoms with Gasteiger partial charge in [-0.2, -0.15) is 0 Å². The average Bonchev–Trinajstić information content (AvgIpc) is 3.16. The molecule has 0 fully saturated rings. The van der Waals surface area contributed by atoms with Crippen LogP contribution in [0.4, 0.5) is 0 Å². The quantitative estimate of drug-likeness (QED) is 0.109. The minimum atomic E-state index is -0.676. The predicted molar refractivity (Wildman–Crippen MR) is 145 cm³/mol. The van der Waals surface area contributed by atoms with Crippen LogP contribution in [0.1, 0.15) is 82.5 Å². The smallest absolute Gasteiger partial charge is 0.351 e. The summed E-state index contributed by atoms with van der Waals surface area (Å²) in [5, 5.41) is 2.88. The fraction of sp³-hybridized carbons (Fsp3) is 0.467. The van der Waals surface area contributed by atoms with Crippen LogP contribution < -0.4 is 10.4 Å². The Balaban J connectivity index is 1.78. The third-order valence-electron chi connectivity index (χ3n) is 6.69. The van der Waals surface area contributed by atoms with Crippen LogP contribution in [0.15, 0.2) is 45.6 Å². The Bertz CT molecular complexity index is 1400. The van der Waals surface area contributed by atoms with Gasteiger partial charge in [0.05, 0.1) is 24.2 Å². The minimum Gasteiger partial charge on any atom is -0.494 e. The van der Waals surface area contributed by atoms with Crippen molar-refractivity contribution in [1.29, 1.82) is 0 Å². The molecule has 0 amide bonds. The molecule has 36 heavy (non-hydrogen) atoms. The third kappa shape index (κ3) is 5.58. The van der Waals surface area contributed by atoms with Gasteiger partial charge < -0.3 is 18.5 Å². The molecule has 0 atom stereocenters. The predicted octanol–water partition coefficient (Wildman–Crippen LogP) is 7.62. The van der Waals surface area contributed by atoms with Crippen LogP contribution in [0.25, 0.3) is 32.8 Å². The zero-order valence-electron chi connectivity index (χ0n) is 21.7. The SMILES string of the molecule is CCCCCCOc1ccc2c3cc4cc(C(=O)OCC)c(=O)oc4cc3n(CCCCCC)c2c1. The van der Waals surface area contributed by atoms with Gasteiger partial charge in [0.1, 0.15) is 16.9 Å². The lowest BCUT2D eigenvalue weighted by Crippen LogP contribution is -2.16. The Hall–Kier alpha value is -3.28. The fourth-order valence-corrected chi connectivity index (χ4v) is 4.78. The molecule has 0 N–H and O–H groups in total. The molecular weight excluding hydrogens is 454 g/mol. The number of hydrogen-bond acceptors (Lipinski definition) is 5. The first-order valence-electron chi connectivity index (χ1n) is 13.4. The molecule has 0 radical (unpaired) electrons. The summed E-state index contributed by atoms with van der Waals surface area (Å²) in [5.41, 5.74) is 1.83. The lowest BCUT2D eigenvalue weighted by atomic mass is 10.1. The number of ether oxygens (including phenoxy) is 2. The first-order chi connectivity index (χ1) is 17.6. The molecule has 6 heteroatoms. The number of aryl methyl sites for hydroxylation is 1. The number of rotatable bonds is 13. The van der Waals surface area contributed by atoms with Crippen LogP contribution in [-0.2, 0) is 11.3 Å². The second kappa shape index (κ2) is 12.1. The number of esters is 1. The van der Waals surface area contributed by atoms with Crippen molar-refractivity contribution in [3.8, 4) is 5.75 Å². The van der Waals surface area contributed by atoms with E-state index in [1.54, 1.807) is 13.0 Å². The van der Waals surface area contributed by atoms with E-state index in [-0.39, 0.29) is 12.2 Å². The van der Waals surface area contributed by atoms with E-state index in [1.165, 1.54) is 32.1 Å². The summed E-state index contributed by atoms with van der Waals surface area (Å²) in [6.07, 6.45) is 9.30. The van der Waals surface area contributed by atoms with E-state index in [9.17, 15) is 9.59 Å². The topological polar surface area (TPSA) is 70.7 Å². The Kier molecular flexibility index (Phi) is 8.68. The lowest BCUT2D eigenvalue weighted by Gasteiger charge is -2.10. The van der Waals surface area contributed by atoms with Crippen molar-refractivity contribution in [3.05, 3.63) is 52.4 Å². The number of carbonyl (C=O) groups is 1. The first-order valence-corrected chi connectivity index (χ1v) is 13.4. The first kappa shape index (κ1) is 25.8. The van der Waals surface area contributed by atoms with Crippen LogP contribution >= 0.6 is 0 Å². The van der Waals surface area contributed by atoms with E-state index in [2.05, 4.69) is 30.5 Å². The molecule has 192 valence electrons. The van der Waals surface area contributed by atoms with Crippen LogP contribution in [-0.4, -0.2) is 23.8 Å². The van der Waals surface area contributed by atoms with E-state index in [0.717, 1.165) is 53.4 Å². The van der Waals surface area contributed by atoms with E-state index in [0.29, 0.717) is 17.6 Å². The highest BCUT2D eigenvalue weighted by molar-refractivity contribution is 6.12. The van der Waals surface area contributed by atoms with Gasteiger partial charge in [0.15, 0.2) is 0 Å². The molecule has 4 aromatic rings. The Morgan fingerprint density at radius 3 is 2.36 bits per heavy atom. The van der Waals surface area contributed by atoms with Crippen molar-refractivity contribution < 1.29 is 18.7 Å². The molecule has 0 unspecified atom stereocenters. The van der Waals surface area contributed by atoms with Gasteiger partial charge >= 0.3 is 11.6 Å². The average molecular weight is 492 g/mol. The van der Waals surface area contributed by atoms with Crippen molar-refractivity contribution in [2.75, 3.05) is 13.2 Å². The minimum absolute atomic E-state index is 0.0780. The molecule has 0 saturated heterocycles. The molecule has 6 nitrogen and oxygen atoms in total. The zero-order chi connectivity index (χ0) is 25.5. The maximum Gasteiger partial charge on any atom is 0.351 e. The molecule has 0 aliphatic heterocycles. The number of hydrogen-bond donors (Lipinski definition) is 0. The van der Waals surface area contributed by atoms with Gasteiger partial charge in [-0.1, -0.05) is 52.4 Å². The van der Waals surface area contributed by atoms with Crippen LogP contribution in [0.2, 0.25) is 0 Å². The molecule has 2 aromatic heterocycles. The molecule has 0 aliphatic carbocycles. The van der Waals surface area contributed by atoms with E-state index in [4.69, 9.17) is 13.9 Å². The summed E-state index contributed by atoms with van der Waals surface area (Å²) in [6.45, 7) is 7.92. The van der Waals surface area contributed by atoms with Crippen molar-refractivity contribution in [2.45, 2.75) is 78.7 Å². The Morgan fingerprint density at radius 2 is 1.61 bits per heavy atom. The zero-order valence-corrected chi connectivity index (χ0v) is 21.7. The molecular formula is C30H37NO5. The molecule has 4 rings (SSSR count). The second-order valence-corrected chi connectivity index (χ2v) is 9.38. The molecule has 0 aliphatic rings. The van der Waals surface area contributed by atoms with Crippen molar-refractivity contribution in [3.63, 3.8) is 0 Å². The summed E-state index contributed by atoms with van der Waals surface area (Å²) >= 11 is 0. The van der Waals surface area contributed by atoms with Gasteiger partial charge in [-0.15, -0.1) is 0 Å². The van der Waals surface area contributed by atoms with Crippen LogP contribution in [0.3, 0.4) is 0 Å². The summed E-state index contributed by atoms with van der Waals surface area (Å²) in [5.74, 6) is 0.213. The van der Waals surface area contributed by atoms with Gasteiger partial charge in [0, 0.05) is 34.8 Å². The van der Waals surface area contributed by atoms with E-state index in [1.807, 2.05) is 18.2 Å². The van der Waals surface area contributed by atoms with Gasteiger partial charge in [0.25, 0.3) is 0 Å². The number of nitrogens with zero attached hydrogens (tertiary/aromatic N) is 1. The fourth-order valence-electron chi connectivity index (χ4n) is 4.78. The van der Waals surface area contributed by atoms with Gasteiger partial charge in [-0.05, 0) is 44.0 Å². The molecule has 0 saturated carbocycles. The highest BCUT2D eigenvalue weighted by Crippen LogP contribution is 2.35. The summed E-state index contributed by atoms with van der Waals surface area (Å²) in [4.78, 5) is 24.7. The second-order valence-electron chi connectivity index (χ2n) is 9.38. The van der Waals surface area contributed by atoms with Crippen molar-refractivity contribution >= 4 is 38.7 Å².